The fraction of sp³-hybridized carbons (Fsp3) is 0.571. The molecule has 2 aromatic rings. The van der Waals surface area contributed by atoms with E-state index in [4.69, 9.17) is 14.0 Å². The van der Waals surface area contributed by atoms with Crippen LogP contribution in [0, 0.1) is 6.92 Å². The summed E-state index contributed by atoms with van der Waals surface area (Å²) in [6.45, 7) is 8.83. The Kier molecular flexibility index (Phi) is 9.83. The van der Waals surface area contributed by atoms with Crippen molar-refractivity contribution in [2.75, 3.05) is 26.8 Å². The molecule has 9 heteroatoms. The minimum Gasteiger partial charge on any atom is -0.488 e. The number of aryl methyl sites for hydroxylation is 1. The van der Waals surface area contributed by atoms with E-state index in [0.717, 1.165) is 30.2 Å². The van der Waals surface area contributed by atoms with E-state index in [1.807, 2.05) is 13.8 Å². The zero-order valence-electron chi connectivity index (χ0n) is 18.1. The molecule has 1 atom stereocenters. The van der Waals surface area contributed by atoms with Crippen LogP contribution in [0.1, 0.15) is 49.0 Å². The quantitative estimate of drug-likeness (QED) is 0.308. The van der Waals surface area contributed by atoms with Gasteiger partial charge in [0.1, 0.15) is 11.9 Å². The van der Waals surface area contributed by atoms with Gasteiger partial charge in [-0.15, -0.1) is 24.0 Å². The minimum absolute atomic E-state index is 0. The fourth-order valence-electron chi connectivity index (χ4n) is 2.99. The minimum atomic E-state index is 0. The predicted molar refractivity (Wildman–Crippen MR) is 127 cm³/mol. The van der Waals surface area contributed by atoms with Crippen LogP contribution in [0.25, 0.3) is 0 Å². The Morgan fingerprint density at radius 2 is 2.17 bits per heavy atom. The Bertz CT molecular complexity index is 819. The van der Waals surface area contributed by atoms with Crippen molar-refractivity contribution in [2.24, 2.45) is 4.99 Å². The maximum Gasteiger partial charge on any atom is 0.228 e. The number of hydrogen-bond acceptors (Lipinski definition) is 6. The summed E-state index contributed by atoms with van der Waals surface area (Å²) in [5, 5.41) is 10.6. The molecule has 1 aliphatic heterocycles. The van der Waals surface area contributed by atoms with E-state index in [9.17, 15) is 0 Å². The maximum atomic E-state index is 6.16. The monoisotopic (exact) mass is 529 g/mol. The molecule has 2 heterocycles. The van der Waals surface area contributed by atoms with Crippen LogP contribution in [-0.2, 0) is 17.7 Å². The van der Waals surface area contributed by atoms with Crippen LogP contribution >= 0.6 is 24.0 Å². The number of benzene rings is 1. The van der Waals surface area contributed by atoms with Gasteiger partial charge < -0.3 is 24.6 Å². The summed E-state index contributed by atoms with van der Waals surface area (Å²) in [4.78, 5) is 8.68. The Morgan fingerprint density at radius 1 is 1.33 bits per heavy atom. The van der Waals surface area contributed by atoms with Gasteiger partial charge in [0.2, 0.25) is 5.89 Å². The molecule has 1 aromatic carbocycles. The molecule has 0 bridgehead atoms. The molecular formula is C21H32IN5O3. The van der Waals surface area contributed by atoms with Gasteiger partial charge in [0.25, 0.3) is 0 Å². The first-order valence-electron chi connectivity index (χ1n) is 10.2. The first-order valence-corrected chi connectivity index (χ1v) is 10.2. The predicted octanol–water partition coefficient (Wildman–Crippen LogP) is 3.19. The molecule has 8 nitrogen and oxygen atoms in total. The molecule has 166 valence electrons. The number of halogens is 1. The van der Waals surface area contributed by atoms with Crippen molar-refractivity contribution in [1.82, 2.24) is 20.8 Å². The van der Waals surface area contributed by atoms with Gasteiger partial charge in [-0.3, -0.25) is 4.99 Å². The maximum absolute atomic E-state index is 6.16. The highest BCUT2D eigenvalue weighted by Gasteiger charge is 2.19. The van der Waals surface area contributed by atoms with E-state index < -0.39 is 0 Å². The average Bonchev–Trinajstić information content (AvgIpc) is 3.38. The van der Waals surface area contributed by atoms with Gasteiger partial charge in [0, 0.05) is 44.5 Å². The van der Waals surface area contributed by atoms with Crippen molar-refractivity contribution >= 4 is 29.9 Å². The van der Waals surface area contributed by atoms with E-state index in [1.165, 1.54) is 5.56 Å². The van der Waals surface area contributed by atoms with E-state index in [0.29, 0.717) is 38.0 Å². The van der Waals surface area contributed by atoms with Crippen molar-refractivity contribution in [1.29, 1.82) is 0 Å². The topological polar surface area (TPSA) is 93.8 Å². The molecule has 0 spiro atoms. The lowest BCUT2D eigenvalue weighted by Crippen LogP contribution is -2.38. The molecule has 1 fully saturated rings. The Morgan fingerprint density at radius 3 is 2.83 bits per heavy atom. The Labute approximate surface area is 195 Å². The standard InChI is InChI=1S/C21H31N5O3.HI/c1-14(2)20-25-19(29-26-20)7-9-23-21(22-4)24-12-16-6-5-15(3)11-18(16)28-17-8-10-27-13-17;/h5-6,11,14,17H,7-10,12-13H2,1-4H3,(H2,22,23,24);1H. The van der Waals surface area contributed by atoms with E-state index in [-0.39, 0.29) is 36.0 Å². The van der Waals surface area contributed by atoms with Crippen LogP contribution < -0.4 is 15.4 Å². The van der Waals surface area contributed by atoms with Gasteiger partial charge in [-0.25, -0.2) is 0 Å². The SMILES string of the molecule is CN=C(NCCc1nc(C(C)C)no1)NCc1ccc(C)cc1OC1CCOC1.I. The van der Waals surface area contributed by atoms with Crippen molar-refractivity contribution in [3.8, 4) is 5.75 Å². The second-order valence-corrected chi connectivity index (χ2v) is 7.52. The van der Waals surface area contributed by atoms with Crippen molar-refractivity contribution in [3.05, 3.63) is 41.0 Å². The molecule has 0 amide bonds. The molecule has 0 saturated carbocycles. The molecule has 1 aliphatic rings. The Hall–Kier alpha value is -1.88. The number of nitrogens with zero attached hydrogens (tertiary/aromatic N) is 3. The Balaban J connectivity index is 0.00000320. The molecular weight excluding hydrogens is 497 g/mol. The van der Waals surface area contributed by atoms with Crippen LogP contribution in [0.4, 0.5) is 0 Å². The highest BCUT2D eigenvalue weighted by molar-refractivity contribution is 14.0. The van der Waals surface area contributed by atoms with Crippen molar-refractivity contribution in [2.45, 2.75) is 52.2 Å². The van der Waals surface area contributed by atoms with E-state index in [2.05, 4.69) is 50.9 Å². The van der Waals surface area contributed by atoms with E-state index in [1.54, 1.807) is 7.05 Å². The summed E-state index contributed by atoms with van der Waals surface area (Å²) >= 11 is 0. The normalized spacial score (nSPS) is 16.4. The van der Waals surface area contributed by atoms with Gasteiger partial charge in [-0.2, -0.15) is 4.98 Å². The zero-order valence-corrected chi connectivity index (χ0v) is 20.4. The van der Waals surface area contributed by atoms with Crippen LogP contribution in [-0.4, -0.2) is 49.0 Å². The molecule has 3 rings (SSSR count). The first-order chi connectivity index (χ1) is 14.0. The van der Waals surface area contributed by atoms with Gasteiger partial charge >= 0.3 is 0 Å². The van der Waals surface area contributed by atoms with Crippen LogP contribution in [0.15, 0.2) is 27.7 Å². The van der Waals surface area contributed by atoms with Crippen LogP contribution in [0.3, 0.4) is 0 Å². The highest BCUT2D eigenvalue weighted by Crippen LogP contribution is 2.23. The number of rotatable bonds is 8. The second kappa shape index (κ2) is 12.1. The van der Waals surface area contributed by atoms with Crippen molar-refractivity contribution < 1.29 is 14.0 Å². The summed E-state index contributed by atoms with van der Waals surface area (Å²) < 4.78 is 16.9. The van der Waals surface area contributed by atoms with E-state index >= 15 is 0 Å². The zero-order chi connectivity index (χ0) is 20.6. The van der Waals surface area contributed by atoms with Crippen LogP contribution in [0.2, 0.25) is 0 Å². The first kappa shape index (κ1) is 24.4. The molecule has 2 N–H and O–H groups in total. The molecule has 0 radical (unpaired) electrons. The smallest absolute Gasteiger partial charge is 0.228 e. The van der Waals surface area contributed by atoms with Crippen molar-refractivity contribution in [3.63, 3.8) is 0 Å². The summed E-state index contributed by atoms with van der Waals surface area (Å²) in [5.41, 5.74) is 2.26. The number of guanidine groups is 1. The lowest BCUT2D eigenvalue weighted by molar-refractivity contribution is 0.140. The number of aliphatic imine (C=N–C) groups is 1. The number of nitrogens with one attached hydrogen (secondary N) is 2. The van der Waals surface area contributed by atoms with Gasteiger partial charge in [-0.05, 0) is 18.6 Å². The number of hydrogen-bond donors (Lipinski definition) is 2. The van der Waals surface area contributed by atoms with Crippen LogP contribution in [0.5, 0.6) is 5.75 Å². The molecule has 1 saturated heterocycles. The van der Waals surface area contributed by atoms with Gasteiger partial charge in [0.15, 0.2) is 11.8 Å². The third-order valence-electron chi connectivity index (χ3n) is 4.71. The summed E-state index contributed by atoms with van der Waals surface area (Å²) in [6.07, 6.45) is 1.69. The third kappa shape index (κ3) is 7.12. The average molecular weight is 529 g/mol. The fourth-order valence-corrected chi connectivity index (χ4v) is 2.99. The number of aromatic nitrogens is 2. The summed E-state index contributed by atoms with van der Waals surface area (Å²) in [5.74, 6) is 3.24. The summed E-state index contributed by atoms with van der Waals surface area (Å²) in [7, 11) is 1.75. The number of ether oxygens (including phenoxy) is 2. The largest absolute Gasteiger partial charge is 0.488 e. The molecule has 1 unspecified atom stereocenters. The lowest BCUT2D eigenvalue weighted by Gasteiger charge is -2.18. The second-order valence-electron chi connectivity index (χ2n) is 7.52. The lowest BCUT2D eigenvalue weighted by atomic mass is 10.1. The third-order valence-corrected chi connectivity index (χ3v) is 4.71. The van der Waals surface area contributed by atoms with Gasteiger partial charge in [0.05, 0.1) is 13.2 Å². The molecule has 1 aromatic heterocycles. The highest BCUT2D eigenvalue weighted by atomic mass is 127. The van der Waals surface area contributed by atoms with Gasteiger partial charge in [-0.1, -0.05) is 31.1 Å². The molecule has 0 aliphatic carbocycles. The summed E-state index contributed by atoms with van der Waals surface area (Å²) in [6, 6.07) is 6.26. The molecule has 30 heavy (non-hydrogen) atoms.